The number of carbonyl (C=O) groups is 2. The fourth-order valence-corrected chi connectivity index (χ4v) is 2.54. The van der Waals surface area contributed by atoms with Gasteiger partial charge in [0.2, 0.25) is 0 Å². The molecule has 0 aliphatic heterocycles. The highest BCUT2D eigenvalue weighted by atomic mass is 16.5. The zero-order chi connectivity index (χ0) is 20.6. The number of furan rings is 1. The average molecular weight is 392 g/mol. The minimum atomic E-state index is -0.527. The maximum absolute atomic E-state index is 12.9. The molecule has 1 aromatic heterocycles. The Labute approximate surface area is 167 Å². The Balaban J connectivity index is 1.86. The molecule has 1 heterocycles. The molecule has 3 aromatic rings. The number of nitrogens with one attached hydrogen (secondary N) is 2. The summed E-state index contributed by atoms with van der Waals surface area (Å²) in [6.45, 7) is 0. The van der Waals surface area contributed by atoms with E-state index in [2.05, 4.69) is 10.6 Å². The quantitative estimate of drug-likeness (QED) is 0.599. The fraction of sp³-hybridized carbons (Fsp3) is 0.0909. The smallest absolute Gasteiger partial charge is 0.272 e. The summed E-state index contributed by atoms with van der Waals surface area (Å²) < 4.78 is 15.7. The van der Waals surface area contributed by atoms with Gasteiger partial charge in [0.05, 0.1) is 20.5 Å². The number of ether oxygens (including phenoxy) is 2. The monoisotopic (exact) mass is 392 g/mol. The Hall–Kier alpha value is -4.00. The summed E-state index contributed by atoms with van der Waals surface area (Å²) in [7, 11) is 3.03. The van der Waals surface area contributed by atoms with Crippen LogP contribution in [0.2, 0.25) is 0 Å². The van der Waals surface area contributed by atoms with Crippen LogP contribution in [0.25, 0.3) is 6.08 Å². The van der Waals surface area contributed by atoms with Crippen LogP contribution in [-0.4, -0.2) is 26.0 Å². The molecule has 0 radical (unpaired) electrons. The van der Waals surface area contributed by atoms with E-state index in [0.717, 1.165) is 0 Å². The number of rotatable bonds is 7. The van der Waals surface area contributed by atoms with E-state index in [1.807, 2.05) is 0 Å². The SMILES string of the molecule is COc1cc(NC(=O)/C(=C\c2ccco2)NC(=O)c2ccccc2)cc(OC)c1. The van der Waals surface area contributed by atoms with Crippen molar-refractivity contribution in [2.24, 2.45) is 0 Å². The normalized spacial score (nSPS) is 10.9. The topological polar surface area (TPSA) is 89.8 Å². The Kier molecular flexibility index (Phi) is 6.32. The summed E-state index contributed by atoms with van der Waals surface area (Å²) >= 11 is 0. The van der Waals surface area contributed by atoms with E-state index < -0.39 is 11.8 Å². The van der Waals surface area contributed by atoms with Crippen molar-refractivity contribution in [3.05, 3.63) is 83.9 Å². The molecule has 2 N–H and O–H groups in total. The van der Waals surface area contributed by atoms with Crippen LogP contribution in [-0.2, 0) is 4.79 Å². The third kappa shape index (κ3) is 5.26. The molecular weight excluding hydrogens is 372 g/mol. The Bertz CT molecular complexity index is 989. The van der Waals surface area contributed by atoms with Crippen molar-refractivity contribution >= 4 is 23.6 Å². The highest BCUT2D eigenvalue weighted by Crippen LogP contribution is 2.26. The fourth-order valence-electron chi connectivity index (χ4n) is 2.54. The van der Waals surface area contributed by atoms with E-state index in [1.165, 1.54) is 26.6 Å². The lowest BCUT2D eigenvalue weighted by Crippen LogP contribution is -2.30. The average Bonchev–Trinajstić information content (AvgIpc) is 3.26. The second-order valence-corrected chi connectivity index (χ2v) is 5.95. The lowest BCUT2D eigenvalue weighted by atomic mass is 10.2. The molecule has 2 amide bonds. The molecule has 0 spiro atoms. The van der Waals surface area contributed by atoms with E-state index in [-0.39, 0.29) is 5.70 Å². The van der Waals surface area contributed by atoms with Gasteiger partial charge >= 0.3 is 0 Å². The first-order valence-corrected chi connectivity index (χ1v) is 8.75. The number of methoxy groups -OCH3 is 2. The number of hydrogen-bond donors (Lipinski definition) is 2. The van der Waals surface area contributed by atoms with E-state index in [4.69, 9.17) is 13.9 Å². The van der Waals surface area contributed by atoms with E-state index in [9.17, 15) is 9.59 Å². The molecule has 0 unspecified atom stereocenters. The molecule has 7 heteroatoms. The standard InChI is InChI=1S/C22H20N2O5/c1-27-18-11-16(12-19(13-18)28-2)23-22(26)20(14-17-9-6-10-29-17)24-21(25)15-7-4-3-5-8-15/h3-14H,1-2H3,(H,23,26)(H,24,25)/b20-14+. The van der Waals surface area contributed by atoms with Crippen LogP contribution in [0.5, 0.6) is 11.5 Å². The molecule has 3 rings (SSSR count). The maximum atomic E-state index is 12.9. The van der Waals surface area contributed by atoms with Gasteiger partial charge in [-0.05, 0) is 24.3 Å². The molecule has 0 bridgehead atoms. The molecule has 0 saturated carbocycles. The Morgan fingerprint density at radius 1 is 0.931 bits per heavy atom. The number of hydrogen-bond acceptors (Lipinski definition) is 5. The molecule has 0 atom stereocenters. The van der Waals surface area contributed by atoms with Crippen molar-refractivity contribution in [2.45, 2.75) is 0 Å². The minimum Gasteiger partial charge on any atom is -0.497 e. The maximum Gasteiger partial charge on any atom is 0.272 e. The molecule has 7 nitrogen and oxygen atoms in total. The van der Waals surface area contributed by atoms with Crippen LogP contribution in [0.1, 0.15) is 16.1 Å². The van der Waals surface area contributed by atoms with Crippen molar-refractivity contribution in [3.8, 4) is 11.5 Å². The highest BCUT2D eigenvalue weighted by Gasteiger charge is 2.16. The Morgan fingerprint density at radius 2 is 1.62 bits per heavy atom. The van der Waals surface area contributed by atoms with Gasteiger partial charge in [-0.15, -0.1) is 0 Å². The highest BCUT2D eigenvalue weighted by molar-refractivity contribution is 6.10. The number of amides is 2. The van der Waals surface area contributed by atoms with Crippen LogP contribution < -0.4 is 20.1 Å². The predicted octanol–water partition coefficient (Wildman–Crippen LogP) is 3.71. The summed E-state index contributed by atoms with van der Waals surface area (Å²) in [6, 6.07) is 16.9. The number of anilines is 1. The minimum absolute atomic E-state index is 0.0237. The molecule has 0 saturated heterocycles. The van der Waals surface area contributed by atoms with Crippen molar-refractivity contribution in [1.29, 1.82) is 0 Å². The molecule has 2 aromatic carbocycles. The Morgan fingerprint density at radius 3 is 2.21 bits per heavy atom. The van der Waals surface area contributed by atoms with Crippen molar-refractivity contribution in [2.75, 3.05) is 19.5 Å². The molecule has 0 aliphatic carbocycles. The predicted molar refractivity (Wildman–Crippen MR) is 109 cm³/mol. The van der Waals surface area contributed by atoms with Gasteiger partial charge in [-0.25, -0.2) is 0 Å². The molecular formula is C22H20N2O5. The number of benzene rings is 2. The van der Waals surface area contributed by atoms with Crippen LogP contribution in [0.3, 0.4) is 0 Å². The van der Waals surface area contributed by atoms with Crippen LogP contribution in [0.15, 0.2) is 77.0 Å². The van der Waals surface area contributed by atoms with Gasteiger partial charge in [0.15, 0.2) is 0 Å². The zero-order valence-electron chi connectivity index (χ0n) is 16.0. The van der Waals surface area contributed by atoms with Crippen LogP contribution in [0.4, 0.5) is 5.69 Å². The summed E-state index contributed by atoms with van der Waals surface area (Å²) in [4.78, 5) is 25.4. The molecule has 148 valence electrons. The van der Waals surface area contributed by atoms with Crippen LogP contribution in [0, 0.1) is 0 Å². The van der Waals surface area contributed by atoms with Gasteiger partial charge in [0, 0.05) is 35.5 Å². The van der Waals surface area contributed by atoms with Gasteiger partial charge in [0.25, 0.3) is 11.8 Å². The van der Waals surface area contributed by atoms with Crippen molar-refractivity contribution in [3.63, 3.8) is 0 Å². The first-order chi connectivity index (χ1) is 14.1. The third-order valence-electron chi connectivity index (χ3n) is 3.97. The van der Waals surface area contributed by atoms with E-state index >= 15 is 0 Å². The number of carbonyl (C=O) groups excluding carboxylic acids is 2. The second-order valence-electron chi connectivity index (χ2n) is 5.95. The summed E-state index contributed by atoms with van der Waals surface area (Å²) in [5.74, 6) is 0.517. The van der Waals surface area contributed by atoms with E-state index in [0.29, 0.717) is 28.5 Å². The third-order valence-corrected chi connectivity index (χ3v) is 3.97. The zero-order valence-corrected chi connectivity index (χ0v) is 16.0. The van der Waals surface area contributed by atoms with Gasteiger partial charge in [-0.1, -0.05) is 18.2 Å². The van der Waals surface area contributed by atoms with Crippen molar-refractivity contribution < 1.29 is 23.5 Å². The van der Waals surface area contributed by atoms with E-state index in [1.54, 1.807) is 60.7 Å². The molecule has 0 fully saturated rings. The van der Waals surface area contributed by atoms with Gasteiger partial charge in [0.1, 0.15) is 23.0 Å². The van der Waals surface area contributed by atoms with Crippen LogP contribution >= 0.6 is 0 Å². The van der Waals surface area contributed by atoms with Gasteiger partial charge in [-0.3, -0.25) is 9.59 Å². The molecule has 0 aliphatic rings. The summed E-state index contributed by atoms with van der Waals surface area (Å²) in [6.07, 6.45) is 2.93. The van der Waals surface area contributed by atoms with Gasteiger partial charge < -0.3 is 24.5 Å². The summed E-state index contributed by atoms with van der Waals surface area (Å²) in [5.41, 5.74) is 0.898. The first kappa shape index (κ1) is 19.8. The largest absolute Gasteiger partial charge is 0.497 e. The lowest BCUT2D eigenvalue weighted by molar-refractivity contribution is -0.113. The first-order valence-electron chi connectivity index (χ1n) is 8.75. The van der Waals surface area contributed by atoms with Gasteiger partial charge in [-0.2, -0.15) is 0 Å². The summed E-state index contributed by atoms with van der Waals surface area (Å²) in [5, 5.41) is 5.37. The van der Waals surface area contributed by atoms with Crippen molar-refractivity contribution in [1.82, 2.24) is 5.32 Å². The second kappa shape index (κ2) is 9.27. The lowest BCUT2D eigenvalue weighted by Gasteiger charge is -2.12. The molecule has 29 heavy (non-hydrogen) atoms.